The van der Waals surface area contributed by atoms with Gasteiger partial charge >= 0.3 is 0 Å². The number of hydrogen-bond acceptors (Lipinski definition) is 4. The van der Waals surface area contributed by atoms with Gasteiger partial charge in [0.1, 0.15) is 11.5 Å². The third kappa shape index (κ3) is 6.63. The van der Waals surface area contributed by atoms with Crippen molar-refractivity contribution in [3.63, 3.8) is 0 Å². The molecule has 0 N–H and O–H groups in total. The van der Waals surface area contributed by atoms with Gasteiger partial charge in [0.05, 0.1) is 26.4 Å². The van der Waals surface area contributed by atoms with Crippen molar-refractivity contribution in [2.24, 2.45) is 0 Å². The van der Waals surface area contributed by atoms with Gasteiger partial charge in [-0.2, -0.15) is 0 Å². The Morgan fingerprint density at radius 1 is 0.833 bits per heavy atom. The lowest BCUT2D eigenvalue weighted by molar-refractivity contribution is 0.0358. The van der Waals surface area contributed by atoms with Gasteiger partial charge in [0.2, 0.25) is 0 Å². The molecule has 0 aliphatic carbocycles. The van der Waals surface area contributed by atoms with Crippen molar-refractivity contribution in [3.8, 4) is 11.5 Å². The molecule has 0 aromatic heterocycles. The van der Waals surface area contributed by atoms with Gasteiger partial charge in [0.25, 0.3) is 0 Å². The highest BCUT2D eigenvalue weighted by Gasteiger charge is 2.23. The zero-order chi connectivity index (χ0) is 21.2. The third-order valence-corrected chi connectivity index (χ3v) is 5.96. The summed E-state index contributed by atoms with van der Waals surface area (Å²) < 4.78 is 17.0. The lowest BCUT2D eigenvalue weighted by atomic mass is 9.78. The molecule has 0 bridgehead atoms. The fourth-order valence-corrected chi connectivity index (χ4v) is 3.76. The highest BCUT2D eigenvalue weighted by Crippen LogP contribution is 2.33. The molecule has 1 saturated heterocycles. The first kappa shape index (κ1) is 22.9. The number of rotatable bonds is 11. The number of alkyl halides is 1. The molecule has 0 radical (unpaired) electrons. The minimum absolute atomic E-state index is 0.0937. The molecular weight excluding hydrogens is 398 g/mol. The highest BCUT2D eigenvalue weighted by molar-refractivity contribution is 6.17. The molecular formula is C25H34ClNO3. The van der Waals surface area contributed by atoms with E-state index >= 15 is 0 Å². The van der Waals surface area contributed by atoms with Gasteiger partial charge in [-0.15, -0.1) is 11.6 Å². The predicted octanol–water partition coefficient (Wildman–Crippen LogP) is 5.12. The smallest absolute Gasteiger partial charge is 0.119 e. The van der Waals surface area contributed by atoms with E-state index in [1.807, 2.05) is 12.1 Å². The molecule has 1 aliphatic heterocycles. The van der Waals surface area contributed by atoms with Crippen molar-refractivity contribution < 1.29 is 14.2 Å². The molecule has 0 spiro atoms. The number of halogens is 1. The molecule has 1 heterocycles. The summed E-state index contributed by atoms with van der Waals surface area (Å²) >= 11 is 5.70. The SMILES string of the molecule is CC(C)(c1ccc(OCCCCl)cc1)c1ccc(OCCCN2CCOCC2)cc1. The first-order valence-electron chi connectivity index (χ1n) is 10.9. The molecule has 0 amide bonds. The minimum Gasteiger partial charge on any atom is -0.494 e. The first-order valence-corrected chi connectivity index (χ1v) is 11.5. The summed E-state index contributed by atoms with van der Waals surface area (Å²) in [6.07, 6.45) is 1.89. The first-order chi connectivity index (χ1) is 14.6. The van der Waals surface area contributed by atoms with E-state index in [0.29, 0.717) is 12.5 Å². The van der Waals surface area contributed by atoms with Crippen molar-refractivity contribution in [3.05, 3.63) is 59.7 Å². The molecule has 0 unspecified atom stereocenters. The maximum Gasteiger partial charge on any atom is 0.119 e. The van der Waals surface area contributed by atoms with E-state index in [0.717, 1.165) is 63.8 Å². The highest BCUT2D eigenvalue weighted by atomic mass is 35.5. The van der Waals surface area contributed by atoms with Crippen LogP contribution in [0.15, 0.2) is 48.5 Å². The maximum atomic E-state index is 5.95. The van der Waals surface area contributed by atoms with Crippen LogP contribution in [0.3, 0.4) is 0 Å². The Morgan fingerprint density at radius 3 is 1.83 bits per heavy atom. The molecule has 5 heteroatoms. The Hall–Kier alpha value is -1.75. The largest absolute Gasteiger partial charge is 0.494 e. The monoisotopic (exact) mass is 431 g/mol. The molecule has 4 nitrogen and oxygen atoms in total. The Kier molecular flexibility index (Phi) is 8.86. The van der Waals surface area contributed by atoms with Gasteiger partial charge in [-0.3, -0.25) is 4.90 Å². The summed E-state index contributed by atoms with van der Waals surface area (Å²) in [5.41, 5.74) is 2.43. The van der Waals surface area contributed by atoms with Crippen molar-refractivity contribution in [1.29, 1.82) is 0 Å². The van der Waals surface area contributed by atoms with E-state index in [-0.39, 0.29) is 5.41 Å². The summed E-state index contributed by atoms with van der Waals surface area (Å²) in [4.78, 5) is 2.44. The van der Waals surface area contributed by atoms with Crippen molar-refractivity contribution in [1.82, 2.24) is 4.90 Å². The summed E-state index contributed by atoms with van der Waals surface area (Å²) in [7, 11) is 0. The van der Waals surface area contributed by atoms with Gasteiger partial charge in [-0.25, -0.2) is 0 Å². The fraction of sp³-hybridized carbons (Fsp3) is 0.520. The summed E-state index contributed by atoms with van der Waals surface area (Å²) in [6, 6.07) is 16.9. The molecule has 30 heavy (non-hydrogen) atoms. The molecule has 1 aliphatic rings. The second-order valence-electron chi connectivity index (χ2n) is 8.22. The van der Waals surface area contributed by atoms with Crippen molar-refractivity contribution in [2.75, 3.05) is 51.9 Å². The van der Waals surface area contributed by atoms with Crippen LogP contribution < -0.4 is 9.47 Å². The van der Waals surface area contributed by atoms with Gasteiger partial charge in [0, 0.05) is 30.9 Å². The Morgan fingerprint density at radius 2 is 1.33 bits per heavy atom. The number of nitrogens with zero attached hydrogens (tertiary/aromatic N) is 1. The van der Waals surface area contributed by atoms with Crippen LogP contribution in [-0.4, -0.2) is 56.8 Å². The van der Waals surface area contributed by atoms with Crippen LogP contribution in [0.5, 0.6) is 11.5 Å². The van der Waals surface area contributed by atoms with Crippen molar-refractivity contribution >= 4 is 11.6 Å². The summed E-state index contributed by atoms with van der Waals surface area (Å²) in [5, 5.41) is 0. The normalized spacial score (nSPS) is 15.2. The fourth-order valence-electron chi connectivity index (χ4n) is 3.65. The average molecular weight is 432 g/mol. The molecule has 0 atom stereocenters. The van der Waals surface area contributed by atoms with Crippen LogP contribution in [0.1, 0.15) is 37.8 Å². The second kappa shape index (κ2) is 11.6. The number of ether oxygens (including phenoxy) is 3. The molecule has 3 rings (SSSR count). The van der Waals surface area contributed by atoms with Crippen LogP contribution in [0.25, 0.3) is 0 Å². The predicted molar refractivity (Wildman–Crippen MR) is 123 cm³/mol. The van der Waals surface area contributed by atoms with Crippen molar-refractivity contribution in [2.45, 2.75) is 32.1 Å². The van der Waals surface area contributed by atoms with Gasteiger partial charge in [-0.1, -0.05) is 38.1 Å². The molecule has 1 fully saturated rings. The van der Waals surface area contributed by atoms with E-state index < -0.39 is 0 Å². The number of benzene rings is 2. The number of morpholine rings is 1. The van der Waals surface area contributed by atoms with E-state index in [4.69, 9.17) is 25.8 Å². The zero-order valence-corrected chi connectivity index (χ0v) is 19.0. The standard InChI is InChI=1S/C25H34ClNO3/c1-25(2,21-5-9-23(10-6-21)29-17-3-13-26)22-7-11-24(12-8-22)30-18-4-14-27-15-19-28-20-16-27/h5-12H,3-4,13-20H2,1-2H3. The van der Waals surface area contributed by atoms with Crippen LogP contribution in [0, 0.1) is 0 Å². The minimum atomic E-state index is -0.0937. The average Bonchev–Trinajstić information content (AvgIpc) is 2.78. The molecule has 164 valence electrons. The van der Waals surface area contributed by atoms with E-state index in [2.05, 4.69) is 55.1 Å². The van der Waals surface area contributed by atoms with Crippen LogP contribution in [0.4, 0.5) is 0 Å². The maximum absolute atomic E-state index is 5.95. The zero-order valence-electron chi connectivity index (χ0n) is 18.2. The lowest BCUT2D eigenvalue weighted by Crippen LogP contribution is -2.37. The Bertz CT molecular complexity index is 740. The van der Waals surface area contributed by atoms with Gasteiger partial charge in [0.15, 0.2) is 0 Å². The van der Waals surface area contributed by atoms with Gasteiger partial charge in [-0.05, 0) is 48.2 Å². The molecule has 0 saturated carbocycles. The van der Waals surface area contributed by atoms with Crippen LogP contribution in [0.2, 0.25) is 0 Å². The third-order valence-electron chi connectivity index (χ3n) is 5.69. The quantitative estimate of drug-likeness (QED) is 0.365. The second-order valence-corrected chi connectivity index (χ2v) is 8.60. The van der Waals surface area contributed by atoms with E-state index in [9.17, 15) is 0 Å². The topological polar surface area (TPSA) is 30.9 Å². The Labute approximate surface area is 186 Å². The lowest BCUT2D eigenvalue weighted by Gasteiger charge is -2.27. The van der Waals surface area contributed by atoms with Crippen LogP contribution >= 0.6 is 11.6 Å². The Balaban J connectivity index is 1.49. The van der Waals surface area contributed by atoms with E-state index in [1.165, 1.54) is 11.1 Å². The summed E-state index contributed by atoms with van der Waals surface area (Å²) in [6.45, 7) is 10.7. The summed E-state index contributed by atoms with van der Waals surface area (Å²) in [5.74, 6) is 2.44. The van der Waals surface area contributed by atoms with E-state index in [1.54, 1.807) is 0 Å². The molecule has 2 aromatic rings. The number of hydrogen-bond donors (Lipinski definition) is 0. The van der Waals surface area contributed by atoms with Gasteiger partial charge < -0.3 is 14.2 Å². The molecule has 2 aromatic carbocycles. The van der Waals surface area contributed by atoms with Crippen LogP contribution in [-0.2, 0) is 10.2 Å².